The second-order valence-electron chi connectivity index (χ2n) is 4.31. The highest BCUT2D eigenvalue weighted by Gasteiger charge is 2.09. The number of aromatic nitrogens is 3. The van der Waals surface area contributed by atoms with E-state index in [1.807, 2.05) is 31.3 Å². The average Bonchev–Trinajstić information content (AvgIpc) is 2.49. The number of hydrogen-bond acceptors (Lipinski definition) is 5. The third-order valence-corrected chi connectivity index (χ3v) is 3.80. The van der Waals surface area contributed by atoms with Crippen LogP contribution in [-0.2, 0) is 6.54 Å². The Kier molecular flexibility index (Phi) is 3.90. The van der Waals surface area contributed by atoms with Crippen LogP contribution in [0.25, 0.3) is 10.9 Å². The normalized spacial score (nSPS) is 10.8. The van der Waals surface area contributed by atoms with Crippen molar-refractivity contribution in [3.05, 3.63) is 54.4 Å². The third kappa shape index (κ3) is 2.79. The summed E-state index contributed by atoms with van der Waals surface area (Å²) in [5.41, 5.74) is 2.15. The van der Waals surface area contributed by atoms with E-state index in [1.165, 1.54) is 11.8 Å². The number of benzene rings is 1. The first-order valence-electron chi connectivity index (χ1n) is 6.35. The predicted octanol–water partition coefficient (Wildman–Crippen LogP) is 2.90. The Hall–Kier alpha value is -1.98. The van der Waals surface area contributed by atoms with Crippen molar-refractivity contribution in [3.63, 3.8) is 0 Å². The van der Waals surface area contributed by atoms with Gasteiger partial charge in [-0.1, -0.05) is 18.2 Å². The van der Waals surface area contributed by atoms with Gasteiger partial charge >= 0.3 is 0 Å². The molecule has 100 valence electrons. The van der Waals surface area contributed by atoms with Gasteiger partial charge in [-0.25, -0.2) is 15.0 Å². The number of hydrogen-bond donors (Lipinski definition) is 1. The number of rotatable bonds is 4. The molecule has 0 bridgehead atoms. The maximum Gasteiger partial charge on any atom is 0.193 e. The first-order chi connectivity index (χ1) is 9.86. The van der Waals surface area contributed by atoms with Crippen LogP contribution in [0.5, 0.6) is 0 Å². The largest absolute Gasteiger partial charge is 0.316 e. The minimum atomic E-state index is 0.715. The van der Waals surface area contributed by atoms with Crippen molar-refractivity contribution in [1.82, 2.24) is 20.3 Å². The molecule has 0 aliphatic heterocycles. The summed E-state index contributed by atoms with van der Waals surface area (Å²) in [6.45, 7) is 0.771. The molecular weight excluding hydrogens is 268 g/mol. The van der Waals surface area contributed by atoms with Gasteiger partial charge in [0, 0.05) is 24.3 Å². The molecule has 0 aliphatic carbocycles. The number of para-hydroxylation sites is 1. The molecule has 0 unspecified atom stereocenters. The van der Waals surface area contributed by atoms with Crippen molar-refractivity contribution < 1.29 is 0 Å². The molecule has 20 heavy (non-hydrogen) atoms. The quantitative estimate of drug-likeness (QED) is 0.746. The molecule has 4 nitrogen and oxygen atoms in total. The van der Waals surface area contributed by atoms with E-state index < -0.39 is 0 Å². The summed E-state index contributed by atoms with van der Waals surface area (Å²) in [5, 5.41) is 5.99. The SMILES string of the molecule is CNCc1cc2ccccc2nc1Sc1ncccn1. The second-order valence-corrected chi connectivity index (χ2v) is 5.27. The Balaban J connectivity index is 2.05. The Labute approximate surface area is 121 Å². The number of fused-ring (bicyclic) bond motifs is 1. The molecule has 0 radical (unpaired) electrons. The van der Waals surface area contributed by atoms with Gasteiger partial charge in [0.25, 0.3) is 0 Å². The molecule has 3 aromatic rings. The summed E-state index contributed by atoms with van der Waals surface area (Å²) in [5.74, 6) is 0. The topological polar surface area (TPSA) is 50.7 Å². The summed E-state index contributed by atoms with van der Waals surface area (Å²) < 4.78 is 0. The fraction of sp³-hybridized carbons (Fsp3) is 0.133. The van der Waals surface area contributed by atoms with Crippen molar-refractivity contribution in [2.45, 2.75) is 16.7 Å². The van der Waals surface area contributed by atoms with Gasteiger partial charge in [0.2, 0.25) is 0 Å². The summed E-state index contributed by atoms with van der Waals surface area (Å²) in [6.07, 6.45) is 3.49. The molecule has 5 heteroatoms. The minimum Gasteiger partial charge on any atom is -0.316 e. The smallest absolute Gasteiger partial charge is 0.193 e. The van der Waals surface area contributed by atoms with Gasteiger partial charge in [-0.05, 0) is 42.6 Å². The fourth-order valence-corrected chi connectivity index (χ4v) is 2.78. The third-order valence-electron chi connectivity index (χ3n) is 2.86. The van der Waals surface area contributed by atoms with Crippen LogP contribution >= 0.6 is 11.8 Å². The molecule has 0 amide bonds. The predicted molar refractivity (Wildman–Crippen MR) is 80.7 cm³/mol. The zero-order valence-corrected chi connectivity index (χ0v) is 11.9. The highest BCUT2D eigenvalue weighted by molar-refractivity contribution is 7.99. The molecule has 0 saturated heterocycles. The van der Waals surface area contributed by atoms with E-state index in [1.54, 1.807) is 12.4 Å². The van der Waals surface area contributed by atoms with E-state index in [0.29, 0.717) is 5.16 Å². The molecular formula is C15H14N4S. The number of pyridine rings is 1. The van der Waals surface area contributed by atoms with Crippen LogP contribution in [0.2, 0.25) is 0 Å². The van der Waals surface area contributed by atoms with Gasteiger partial charge in [-0.15, -0.1) is 0 Å². The number of nitrogens with zero attached hydrogens (tertiary/aromatic N) is 3. The van der Waals surface area contributed by atoms with Crippen molar-refractivity contribution >= 4 is 22.7 Å². The Bertz CT molecular complexity index is 715. The zero-order chi connectivity index (χ0) is 13.8. The summed E-state index contributed by atoms with van der Waals surface area (Å²) in [6, 6.07) is 12.1. The Morgan fingerprint density at radius 1 is 1.10 bits per heavy atom. The highest BCUT2D eigenvalue weighted by atomic mass is 32.2. The van der Waals surface area contributed by atoms with Crippen molar-refractivity contribution in [2.24, 2.45) is 0 Å². The molecule has 0 saturated carbocycles. The van der Waals surface area contributed by atoms with Gasteiger partial charge in [0.15, 0.2) is 5.16 Å². The summed E-state index contributed by atoms with van der Waals surface area (Å²) in [4.78, 5) is 13.2. The van der Waals surface area contributed by atoms with Crippen LogP contribution in [0, 0.1) is 0 Å². The van der Waals surface area contributed by atoms with Crippen molar-refractivity contribution in [3.8, 4) is 0 Å². The maximum absolute atomic E-state index is 4.73. The lowest BCUT2D eigenvalue weighted by Gasteiger charge is -2.09. The molecule has 3 rings (SSSR count). The van der Waals surface area contributed by atoms with E-state index in [4.69, 9.17) is 4.98 Å². The summed E-state index contributed by atoms with van der Waals surface area (Å²) >= 11 is 1.50. The zero-order valence-electron chi connectivity index (χ0n) is 11.1. The van der Waals surface area contributed by atoms with Crippen LogP contribution in [0.15, 0.2) is 59.0 Å². The minimum absolute atomic E-state index is 0.715. The van der Waals surface area contributed by atoms with Crippen LogP contribution < -0.4 is 5.32 Å². The first kappa shape index (κ1) is 13.0. The molecule has 0 atom stereocenters. The second kappa shape index (κ2) is 5.98. The maximum atomic E-state index is 4.73. The lowest BCUT2D eigenvalue weighted by atomic mass is 10.1. The van der Waals surface area contributed by atoms with Crippen LogP contribution in [0.3, 0.4) is 0 Å². The fourth-order valence-electron chi connectivity index (χ4n) is 1.97. The monoisotopic (exact) mass is 282 g/mol. The van der Waals surface area contributed by atoms with Gasteiger partial charge in [-0.2, -0.15) is 0 Å². The summed E-state index contributed by atoms with van der Waals surface area (Å²) in [7, 11) is 1.93. The van der Waals surface area contributed by atoms with E-state index in [-0.39, 0.29) is 0 Å². The van der Waals surface area contributed by atoms with Crippen molar-refractivity contribution in [1.29, 1.82) is 0 Å². The molecule has 1 aromatic carbocycles. The van der Waals surface area contributed by atoms with E-state index in [2.05, 4.69) is 27.4 Å². The Morgan fingerprint density at radius 3 is 2.70 bits per heavy atom. The van der Waals surface area contributed by atoms with Gasteiger partial charge in [0.05, 0.1) is 5.52 Å². The van der Waals surface area contributed by atoms with Crippen LogP contribution in [0.4, 0.5) is 0 Å². The Morgan fingerprint density at radius 2 is 1.90 bits per heavy atom. The van der Waals surface area contributed by atoms with E-state index in [0.717, 1.165) is 28.0 Å². The molecule has 2 heterocycles. The molecule has 2 aromatic heterocycles. The van der Waals surface area contributed by atoms with Crippen molar-refractivity contribution in [2.75, 3.05) is 7.05 Å². The van der Waals surface area contributed by atoms with Gasteiger partial charge in [0.1, 0.15) is 5.03 Å². The average molecular weight is 282 g/mol. The van der Waals surface area contributed by atoms with Crippen LogP contribution in [-0.4, -0.2) is 22.0 Å². The molecule has 0 fully saturated rings. The molecule has 1 N–H and O–H groups in total. The molecule has 0 aliphatic rings. The first-order valence-corrected chi connectivity index (χ1v) is 7.16. The van der Waals surface area contributed by atoms with E-state index >= 15 is 0 Å². The lowest BCUT2D eigenvalue weighted by Crippen LogP contribution is -2.07. The highest BCUT2D eigenvalue weighted by Crippen LogP contribution is 2.28. The van der Waals surface area contributed by atoms with Gasteiger partial charge < -0.3 is 5.32 Å². The van der Waals surface area contributed by atoms with Gasteiger partial charge in [-0.3, -0.25) is 0 Å². The molecule has 0 spiro atoms. The number of nitrogens with one attached hydrogen (secondary N) is 1. The van der Waals surface area contributed by atoms with E-state index in [9.17, 15) is 0 Å². The lowest BCUT2D eigenvalue weighted by molar-refractivity contribution is 0.793. The van der Waals surface area contributed by atoms with Crippen LogP contribution in [0.1, 0.15) is 5.56 Å². The standard InChI is InChI=1S/C15H14N4S/c1-16-10-12-9-11-5-2-3-6-13(11)19-14(12)20-15-17-7-4-8-18-15/h2-9,16H,10H2,1H3.